The molecule has 0 aromatic heterocycles. The minimum atomic E-state index is -5.80. The molecular formula is C21H28F3NO7S. The highest BCUT2D eigenvalue weighted by Crippen LogP contribution is 2.36. The van der Waals surface area contributed by atoms with Crippen LogP contribution in [0.2, 0.25) is 0 Å². The first kappa shape index (κ1) is 26.9. The van der Waals surface area contributed by atoms with E-state index in [9.17, 15) is 36.3 Å². The van der Waals surface area contributed by atoms with Crippen LogP contribution in [-0.2, 0) is 38.9 Å². The molecule has 0 unspecified atom stereocenters. The fourth-order valence-corrected chi connectivity index (χ4v) is 4.05. The minimum absolute atomic E-state index is 0.103. The van der Waals surface area contributed by atoms with Crippen molar-refractivity contribution in [3.63, 3.8) is 0 Å². The van der Waals surface area contributed by atoms with Crippen LogP contribution in [0.5, 0.6) is 5.75 Å². The Labute approximate surface area is 190 Å². The number of hydrogen-bond donors (Lipinski definition) is 2. The van der Waals surface area contributed by atoms with E-state index in [0.717, 1.165) is 6.42 Å². The number of amides is 1. The van der Waals surface area contributed by atoms with Gasteiger partial charge in [0.05, 0.1) is 6.04 Å². The van der Waals surface area contributed by atoms with Gasteiger partial charge in [-0.2, -0.15) is 21.6 Å². The van der Waals surface area contributed by atoms with Crippen molar-refractivity contribution < 1.29 is 45.2 Å². The number of alkyl carbamates (subject to hydrolysis) is 1. The predicted octanol–water partition coefficient (Wildman–Crippen LogP) is 3.18. The molecule has 0 bridgehead atoms. The molecule has 1 aliphatic carbocycles. The van der Waals surface area contributed by atoms with E-state index >= 15 is 0 Å². The van der Waals surface area contributed by atoms with E-state index in [0.29, 0.717) is 36.0 Å². The standard InChI is InChI=1S/C21H28F3NO7S/c1-20(2,3)31-19(28)25-16(17(27)12-26)10-8-13-9-11-18(15-7-5-4-6-14(13)15)32-33(29,30)21(22,23)24/h9,11,16,26H,4-8,10,12H2,1-3H3,(H,25,28)/t16-/m0/s1. The van der Waals surface area contributed by atoms with Crippen molar-refractivity contribution in [2.45, 2.75) is 76.4 Å². The van der Waals surface area contributed by atoms with Crippen LogP contribution < -0.4 is 9.50 Å². The van der Waals surface area contributed by atoms with Crippen LogP contribution in [0, 0.1) is 0 Å². The van der Waals surface area contributed by atoms with Crippen molar-refractivity contribution in [3.05, 3.63) is 28.8 Å². The number of ketones is 1. The van der Waals surface area contributed by atoms with Gasteiger partial charge < -0.3 is 19.3 Å². The largest absolute Gasteiger partial charge is 0.534 e. The Balaban J connectivity index is 2.24. The lowest BCUT2D eigenvalue weighted by atomic mass is 9.85. The van der Waals surface area contributed by atoms with E-state index in [4.69, 9.17) is 4.74 Å². The van der Waals surface area contributed by atoms with E-state index in [-0.39, 0.29) is 18.6 Å². The van der Waals surface area contributed by atoms with Gasteiger partial charge in [0.1, 0.15) is 18.0 Å². The number of aryl methyl sites for hydroxylation is 1. The van der Waals surface area contributed by atoms with Gasteiger partial charge in [0.2, 0.25) is 0 Å². The second-order valence-electron chi connectivity index (χ2n) is 8.73. The molecule has 1 atom stereocenters. The molecule has 12 heteroatoms. The van der Waals surface area contributed by atoms with Gasteiger partial charge in [0.15, 0.2) is 5.78 Å². The number of hydrogen-bond acceptors (Lipinski definition) is 7. The molecule has 1 aromatic rings. The number of halogens is 3. The number of Topliss-reactive ketones (excluding diaryl/α,β-unsaturated/α-hetero) is 1. The molecule has 0 heterocycles. The number of aliphatic hydroxyl groups excluding tert-OH is 1. The van der Waals surface area contributed by atoms with Crippen molar-refractivity contribution in [3.8, 4) is 5.75 Å². The monoisotopic (exact) mass is 495 g/mol. The summed E-state index contributed by atoms with van der Waals surface area (Å²) in [5.74, 6) is -0.980. The molecule has 0 fully saturated rings. The summed E-state index contributed by atoms with van der Waals surface area (Å²) in [7, 11) is -5.80. The summed E-state index contributed by atoms with van der Waals surface area (Å²) in [4.78, 5) is 24.2. The van der Waals surface area contributed by atoms with E-state index in [1.807, 2.05) is 0 Å². The summed E-state index contributed by atoms with van der Waals surface area (Å²) in [5, 5.41) is 11.7. The Bertz CT molecular complexity index is 985. The van der Waals surface area contributed by atoms with E-state index < -0.39 is 45.8 Å². The lowest BCUT2D eigenvalue weighted by Crippen LogP contribution is -2.44. The van der Waals surface area contributed by atoms with Crippen molar-refractivity contribution in [1.82, 2.24) is 5.32 Å². The molecule has 1 amide bonds. The van der Waals surface area contributed by atoms with Gasteiger partial charge in [-0.3, -0.25) is 4.79 Å². The predicted molar refractivity (Wildman–Crippen MR) is 112 cm³/mol. The zero-order valence-corrected chi connectivity index (χ0v) is 19.4. The SMILES string of the molecule is CC(C)(C)OC(=O)N[C@@H](CCc1ccc(OS(=O)(=O)C(F)(F)F)c2c1CCCC2)C(=O)CO. The molecule has 0 radical (unpaired) electrons. The molecule has 8 nitrogen and oxygen atoms in total. The molecule has 1 aromatic carbocycles. The van der Waals surface area contributed by atoms with Crippen LogP contribution in [0.1, 0.15) is 56.7 Å². The Morgan fingerprint density at radius 2 is 1.73 bits per heavy atom. The van der Waals surface area contributed by atoms with Gasteiger partial charge in [0, 0.05) is 0 Å². The Morgan fingerprint density at radius 1 is 1.12 bits per heavy atom. The number of carbonyl (C=O) groups excluding carboxylic acids is 2. The highest BCUT2D eigenvalue weighted by atomic mass is 32.2. The van der Waals surface area contributed by atoms with Crippen molar-refractivity contribution in [2.75, 3.05) is 6.61 Å². The number of ether oxygens (including phenoxy) is 1. The smallest absolute Gasteiger partial charge is 0.444 e. The van der Waals surface area contributed by atoms with Crippen LogP contribution in [0.4, 0.5) is 18.0 Å². The lowest BCUT2D eigenvalue weighted by Gasteiger charge is -2.25. The maximum atomic E-state index is 12.7. The number of carbonyl (C=O) groups is 2. The van der Waals surface area contributed by atoms with Crippen LogP contribution in [-0.4, -0.2) is 49.2 Å². The fourth-order valence-electron chi connectivity index (χ4n) is 3.56. The number of fused-ring (bicyclic) bond motifs is 1. The van der Waals surface area contributed by atoms with E-state index in [2.05, 4.69) is 9.50 Å². The van der Waals surface area contributed by atoms with Crippen LogP contribution >= 0.6 is 0 Å². The van der Waals surface area contributed by atoms with Gasteiger partial charge in [-0.15, -0.1) is 0 Å². The Kier molecular flexibility index (Phi) is 8.39. The van der Waals surface area contributed by atoms with Gasteiger partial charge in [0.25, 0.3) is 0 Å². The molecule has 0 saturated heterocycles. The molecule has 1 aliphatic rings. The van der Waals surface area contributed by atoms with Gasteiger partial charge >= 0.3 is 21.7 Å². The molecule has 2 rings (SSSR count). The number of alkyl halides is 3. The third-order valence-corrected chi connectivity index (χ3v) is 5.98. The lowest BCUT2D eigenvalue weighted by molar-refractivity contribution is -0.124. The van der Waals surface area contributed by atoms with E-state index in [1.54, 1.807) is 20.8 Å². The summed E-state index contributed by atoms with van der Waals surface area (Å²) in [5.41, 5.74) is -4.58. The normalized spacial score (nSPS) is 15.4. The molecule has 0 aliphatic heterocycles. The summed E-state index contributed by atoms with van der Waals surface area (Å²) in [6.07, 6.45) is 1.80. The average Bonchev–Trinajstić information content (AvgIpc) is 2.69. The van der Waals surface area contributed by atoms with Crippen LogP contribution in [0.25, 0.3) is 0 Å². The second kappa shape index (κ2) is 10.3. The Morgan fingerprint density at radius 3 is 2.27 bits per heavy atom. The number of aliphatic hydroxyl groups is 1. The first-order valence-corrected chi connectivity index (χ1v) is 11.8. The highest BCUT2D eigenvalue weighted by molar-refractivity contribution is 7.88. The first-order chi connectivity index (χ1) is 15.1. The van der Waals surface area contributed by atoms with Crippen LogP contribution in [0.15, 0.2) is 12.1 Å². The van der Waals surface area contributed by atoms with Crippen molar-refractivity contribution >= 4 is 22.0 Å². The summed E-state index contributed by atoms with van der Waals surface area (Å²) in [6, 6.07) is 1.59. The number of nitrogens with one attached hydrogen (secondary N) is 1. The molecule has 0 spiro atoms. The van der Waals surface area contributed by atoms with Gasteiger partial charge in [-0.1, -0.05) is 6.07 Å². The second-order valence-corrected chi connectivity index (χ2v) is 10.3. The quantitative estimate of drug-likeness (QED) is 0.420. The summed E-state index contributed by atoms with van der Waals surface area (Å²) in [6.45, 7) is 4.18. The minimum Gasteiger partial charge on any atom is -0.444 e. The van der Waals surface area contributed by atoms with Crippen molar-refractivity contribution in [1.29, 1.82) is 0 Å². The number of benzene rings is 1. The molecular weight excluding hydrogens is 467 g/mol. The zero-order valence-electron chi connectivity index (χ0n) is 18.6. The fraction of sp³-hybridized carbons (Fsp3) is 0.619. The number of rotatable bonds is 8. The first-order valence-electron chi connectivity index (χ1n) is 10.4. The molecule has 2 N–H and O–H groups in total. The third-order valence-electron chi connectivity index (χ3n) is 5.01. The Hall–Kier alpha value is -2.34. The topological polar surface area (TPSA) is 119 Å². The third kappa shape index (κ3) is 7.32. The van der Waals surface area contributed by atoms with E-state index in [1.165, 1.54) is 12.1 Å². The summed E-state index contributed by atoms with van der Waals surface area (Å²) >= 11 is 0. The van der Waals surface area contributed by atoms with Crippen LogP contribution in [0.3, 0.4) is 0 Å². The van der Waals surface area contributed by atoms with Crippen molar-refractivity contribution in [2.24, 2.45) is 0 Å². The maximum Gasteiger partial charge on any atom is 0.534 e. The highest BCUT2D eigenvalue weighted by Gasteiger charge is 2.49. The zero-order chi connectivity index (χ0) is 25.0. The molecule has 186 valence electrons. The molecule has 0 saturated carbocycles. The maximum absolute atomic E-state index is 12.7. The molecule has 33 heavy (non-hydrogen) atoms. The van der Waals surface area contributed by atoms with Gasteiger partial charge in [-0.25, -0.2) is 4.79 Å². The average molecular weight is 496 g/mol. The summed E-state index contributed by atoms with van der Waals surface area (Å²) < 4.78 is 70.7. The van der Waals surface area contributed by atoms with Gasteiger partial charge in [-0.05, 0) is 82.1 Å².